The maximum absolute atomic E-state index is 14.7. The lowest BCUT2D eigenvalue weighted by Crippen LogP contribution is -2.26. The molecule has 4 rings (SSSR count). The van der Waals surface area contributed by atoms with E-state index in [0.29, 0.717) is 17.0 Å². The first-order valence-corrected chi connectivity index (χ1v) is 11.4. The van der Waals surface area contributed by atoms with Gasteiger partial charge in [-0.05, 0) is 104 Å². The van der Waals surface area contributed by atoms with Crippen LogP contribution in [0.1, 0.15) is 67.2 Å². The predicted molar refractivity (Wildman–Crippen MR) is 119 cm³/mol. The zero-order valence-corrected chi connectivity index (χ0v) is 17.9. The Morgan fingerprint density at radius 3 is 2.39 bits per heavy atom. The van der Waals surface area contributed by atoms with Gasteiger partial charge in [-0.15, -0.1) is 6.58 Å². The van der Waals surface area contributed by atoms with Crippen molar-refractivity contribution in [2.24, 2.45) is 17.8 Å². The van der Waals surface area contributed by atoms with Gasteiger partial charge in [0, 0.05) is 5.56 Å². The minimum Gasteiger partial charge on any atom is -0.206 e. The van der Waals surface area contributed by atoms with Crippen LogP contribution >= 0.6 is 0 Å². The summed E-state index contributed by atoms with van der Waals surface area (Å²) in [5.41, 5.74) is 2.94. The first kappa shape index (κ1) is 21.8. The molecule has 2 aromatic carbocycles. The van der Waals surface area contributed by atoms with Crippen LogP contribution in [0.15, 0.2) is 43.0 Å². The summed E-state index contributed by atoms with van der Waals surface area (Å²) in [4.78, 5) is 0. The van der Waals surface area contributed by atoms with Crippen LogP contribution in [-0.2, 0) is 12.8 Å². The summed E-state index contributed by atoms with van der Waals surface area (Å²) in [5.74, 6) is 5.61. The highest BCUT2D eigenvalue weighted by Crippen LogP contribution is 2.41. The highest BCUT2D eigenvalue weighted by Gasteiger charge is 2.30. The molecular weight excluding hydrogens is 393 g/mol. The largest absolute Gasteiger partial charge is 0.206 e. The molecule has 0 amide bonds. The Kier molecular flexibility index (Phi) is 6.86. The number of aryl methyl sites for hydroxylation is 1. The third-order valence-electron chi connectivity index (χ3n) is 7.15. The van der Waals surface area contributed by atoms with Gasteiger partial charge in [-0.2, -0.15) is 0 Å². The molecule has 0 radical (unpaired) electrons. The van der Waals surface area contributed by atoms with Crippen LogP contribution in [-0.4, -0.2) is 0 Å². The molecule has 0 spiro atoms. The van der Waals surface area contributed by atoms with Crippen molar-refractivity contribution in [2.45, 2.75) is 57.8 Å². The van der Waals surface area contributed by atoms with Crippen LogP contribution < -0.4 is 0 Å². The number of allylic oxidation sites excluding steroid dienone is 1. The van der Waals surface area contributed by atoms with E-state index in [9.17, 15) is 13.2 Å². The smallest absolute Gasteiger partial charge is 0.160 e. The lowest BCUT2D eigenvalue weighted by Gasteiger charge is -2.36. The molecule has 2 aliphatic rings. The van der Waals surface area contributed by atoms with E-state index in [2.05, 4.69) is 18.4 Å². The van der Waals surface area contributed by atoms with Gasteiger partial charge in [-0.1, -0.05) is 30.8 Å². The molecule has 0 nitrogen and oxygen atoms in total. The molecule has 0 aromatic heterocycles. The number of benzene rings is 2. The Labute approximate surface area is 183 Å². The van der Waals surface area contributed by atoms with E-state index in [1.165, 1.54) is 43.7 Å². The number of fused-ring (bicyclic) bond motifs is 1. The summed E-state index contributed by atoms with van der Waals surface area (Å²) in [6, 6.07) is 6.97. The second kappa shape index (κ2) is 9.77. The maximum Gasteiger partial charge on any atom is 0.160 e. The standard InChI is InChI=1S/C28H29F3/c1-2-3-4-19-5-9-21(10-6-19)22-12-13-23-16-24(27(30)18-25(23)17-22)11-7-20-8-14-26(29)28(31)15-20/h2,8,14-16,18-19,21-22H,1,3-6,9-10,12-13,17H2. The molecule has 1 saturated carbocycles. The molecule has 2 aliphatic carbocycles. The predicted octanol–water partition coefficient (Wildman–Crippen LogP) is 7.38. The summed E-state index contributed by atoms with van der Waals surface area (Å²) in [6.07, 6.45) is 12.7. The summed E-state index contributed by atoms with van der Waals surface area (Å²) < 4.78 is 41.1. The molecule has 0 heterocycles. The van der Waals surface area contributed by atoms with Crippen LogP contribution in [0.2, 0.25) is 0 Å². The van der Waals surface area contributed by atoms with Crippen molar-refractivity contribution in [3.63, 3.8) is 0 Å². The van der Waals surface area contributed by atoms with Crippen molar-refractivity contribution in [3.8, 4) is 11.8 Å². The second-order valence-electron chi connectivity index (χ2n) is 9.13. The zero-order valence-electron chi connectivity index (χ0n) is 17.9. The van der Waals surface area contributed by atoms with E-state index in [1.807, 2.05) is 12.1 Å². The Morgan fingerprint density at radius 2 is 1.65 bits per heavy atom. The van der Waals surface area contributed by atoms with Gasteiger partial charge in [0.15, 0.2) is 11.6 Å². The van der Waals surface area contributed by atoms with Gasteiger partial charge in [0.05, 0.1) is 5.56 Å². The van der Waals surface area contributed by atoms with Gasteiger partial charge in [-0.3, -0.25) is 0 Å². The average molecular weight is 423 g/mol. The highest BCUT2D eigenvalue weighted by atomic mass is 19.2. The quantitative estimate of drug-likeness (QED) is 0.356. The fourth-order valence-corrected chi connectivity index (χ4v) is 5.32. The zero-order chi connectivity index (χ0) is 21.8. The fraction of sp³-hybridized carbons (Fsp3) is 0.429. The molecule has 0 saturated heterocycles. The first-order chi connectivity index (χ1) is 15.0. The number of rotatable bonds is 4. The van der Waals surface area contributed by atoms with Crippen molar-refractivity contribution in [3.05, 3.63) is 82.7 Å². The Hall–Kier alpha value is -2.47. The molecule has 1 fully saturated rings. The SMILES string of the molecule is C=CCCC1CCC(C2CCc3cc(C#Cc4ccc(F)c(F)c4)c(F)cc3C2)CC1. The highest BCUT2D eigenvalue weighted by molar-refractivity contribution is 5.47. The van der Waals surface area contributed by atoms with Crippen molar-refractivity contribution in [1.29, 1.82) is 0 Å². The van der Waals surface area contributed by atoms with Gasteiger partial charge in [0.1, 0.15) is 5.82 Å². The van der Waals surface area contributed by atoms with Crippen LogP contribution in [0, 0.1) is 47.0 Å². The van der Waals surface area contributed by atoms with Crippen molar-refractivity contribution < 1.29 is 13.2 Å². The molecule has 3 heteroatoms. The Bertz CT molecular complexity index is 1000. The molecule has 31 heavy (non-hydrogen) atoms. The molecule has 0 bridgehead atoms. The van der Waals surface area contributed by atoms with E-state index < -0.39 is 11.6 Å². The van der Waals surface area contributed by atoms with Gasteiger partial charge in [-0.25, -0.2) is 13.2 Å². The summed E-state index contributed by atoms with van der Waals surface area (Å²) in [6.45, 7) is 3.83. The van der Waals surface area contributed by atoms with Gasteiger partial charge in [0.25, 0.3) is 0 Å². The number of hydrogen-bond acceptors (Lipinski definition) is 0. The van der Waals surface area contributed by atoms with Gasteiger partial charge in [0.2, 0.25) is 0 Å². The lowest BCUT2D eigenvalue weighted by molar-refractivity contribution is 0.185. The summed E-state index contributed by atoms with van der Waals surface area (Å²) >= 11 is 0. The molecule has 0 aliphatic heterocycles. The third-order valence-corrected chi connectivity index (χ3v) is 7.15. The minimum atomic E-state index is -0.946. The van der Waals surface area contributed by atoms with Crippen molar-refractivity contribution >= 4 is 0 Å². The van der Waals surface area contributed by atoms with Crippen LogP contribution in [0.5, 0.6) is 0 Å². The van der Waals surface area contributed by atoms with E-state index in [0.717, 1.165) is 55.2 Å². The topological polar surface area (TPSA) is 0 Å². The van der Waals surface area contributed by atoms with Crippen LogP contribution in [0.25, 0.3) is 0 Å². The van der Waals surface area contributed by atoms with Gasteiger partial charge < -0.3 is 0 Å². The Balaban J connectivity index is 1.42. The van der Waals surface area contributed by atoms with Crippen LogP contribution in [0.4, 0.5) is 13.2 Å². The van der Waals surface area contributed by atoms with E-state index in [4.69, 9.17) is 0 Å². The normalized spacial score (nSPS) is 22.9. The fourth-order valence-electron chi connectivity index (χ4n) is 5.32. The maximum atomic E-state index is 14.7. The monoisotopic (exact) mass is 422 g/mol. The van der Waals surface area contributed by atoms with Crippen molar-refractivity contribution in [2.75, 3.05) is 0 Å². The molecular formula is C28H29F3. The van der Waals surface area contributed by atoms with E-state index in [1.54, 1.807) is 6.07 Å². The van der Waals surface area contributed by atoms with E-state index in [-0.39, 0.29) is 5.82 Å². The molecule has 162 valence electrons. The first-order valence-electron chi connectivity index (χ1n) is 11.4. The third kappa shape index (κ3) is 5.24. The number of halogens is 3. The lowest BCUT2D eigenvalue weighted by atomic mass is 9.69. The van der Waals surface area contributed by atoms with E-state index >= 15 is 0 Å². The molecule has 0 N–H and O–H groups in total. The summed E-state index contributed by atoms with van der Waals surface area (Å²) in [5, 5.41) is 0. The average Bonchev–Trinajstić information content (AvgIpc) is 2.78. The van der Waals surface area contributed by atoms with Crippen LogP contribution in [0.3, 0.4) is 0 Å². The molecule has 2 aromatic rings. The molecule has 1 unspecified atom stereocenters. The van der Waals surface area contributed by atoms with Gasteiger partial charge >= 0.3 is 0 Å². The Morgan fingerprint density at radius 1 is 0.839 bits per heavy atom. The minimum absolute atomic E-state index is 0.324. The second-order valence-corrected chi connectivity index (χ2v) is 9.13. The molecule has 1 atom stereocenters. The number of hydrogen-bond donors (Lipinski definition) is 0. The van der Waals surface area contributed by atoms with Crippen molar-refractivity contribution in [1.82, 2.24) is 0 Å². The summed E-state index contributed by atoms with van der Waals surface area (Å²) in [7, 11) is 0.